The minimum Gasteiger partial charge on any atom is -0.308 e. The van der Waals surface area contributed by atoms with Crippen molar-refractivity contribution in [3.05, 3.63) is 0 Å². The van der Waals surface area contributed by atoms with E-state index in [1.54, 1.807) is 0 Å². The Balaban J connectivity index is 2.38. The molecule has 0 amide bonds. The summed E-state index contributed by atoms with van der Waals surface area (Å²) in [7, 11) is 0. The average molecular weight is 198 g/mol. The molecule has 0 aromatic heterocycles. The number of thioether (sulfide) groups is 1. The van der Waals surface area contributed by atoms with Gasteiger partial charge in [0.05, 0.1) is 12.0 Å². The van der Waals surface area contributed by atoms with Crippen LogP contribution in [0.15, 0.2) is 0 Å². The standard InChI is InChI=1S/C10H18N2S/c1-7(5-11)8(2)12-9-6-13-10(9,3)4/h7-9,12H,6H2,1-4H3. The van der Waals surface area contributed by atoms with E-state index < -0.39 is 0 Å². The highest BCUT2D eigenvalue weighted by molar-refractivity contribution is 8.02. The zero-order valence-electron chi connectivity index (χ0n) is 8.79. The van der Waals surface area contributed by atoms with Crippen molar-refractivity contribution < 1.29 is 0 Å². The van der Waals surface area contributed by atoms with Gasteiger partial charge in [-0.1, -0.05) is 0 Å². The maximum absolute atomic E-state index is 8.74. The molecule has 1 N–H and O–H groups in total. The Bertz CT molecular complexity index is 219. The predicted octanol–water partition coefficient (Wildman–Crippen LogP) is 2.02. The third-order valence-corrected chi connectivity index (χ3v) is 4.41. The molecular formula is C10H18N2S. The van der Waals surface area contributed by atoms with Gasteiger partial charge < -0.3 is 5.32 Å². The fourth-order valence-corrected chi connectivity index (χ4v) is 2.49. The van der Waals surface area contributed by atoms with E-state index in [1.165, 1.54) is 5.75 Å². The van der Waals surface area contributed by atoms with Crippen molar-refractivity contribution in [1.82, 2.24) is 5.32 Å². The molecule has 0 radical (unpaired) electrons. The number of nitrogens with zero attached hydrogens (tertiary/aromatic N) is 1. The van der Waals surface area contributed by atoms with Crippen molar-refractivity contribution in [3.63, 3.8) is 0 Å². The number of rotatable bonds is 3. The molecule has 0 aromatic rings. The number of hydrogen-bond acceptors (Lipinski definition) is 3. The van der Waals surface area contributed by atoms with Crippen LogP contribution in [0.1, 0.15) is 27.7 Å². The number of hydrogen-bond donors (Lipinski definition) is 1. The molecule has 2 nitrogen and oxygen atoms in total. The SMILES string of the molecule is CC(C#N)C(C)NC1CSC1(C)C. The van der Waals surface area contributed by atoms with Crippen molar-refractivity contribution >= 4 is 11.8 Å². The molecule has 1 aliphatic rings. The first-order valence-corrected chi connectivity index (χ1v) is 5.75. The van der Waals surface area contributed by atoms with E-state index in [9.17, 15) is 0 Å². The molecule has 3 heteroatoms. The van der Waals surface area contributed by atoms with Gasteiger partial charge in [0.2, 0.25) is 0 Å². The van der Waals surface area contributed by atoms with Gasteiger partial charge in [0, 0.05) is 22.6 Å². The van der Waals surface area contributed by atoms with E-state index in [1.807, 2.05) is 18.7 Å². The summed E-state index contributed by atoms with van der Waals surface area (Å²) in [4.78, 5) is 0. The Morgan fingerprint density at radius 1 is 1.54 bits per heavy atom. The van der Waals surface area contributed by atoms with Crippen molar-refractivity contribution in [2.45, 2.75) is 44.5 Å². The topological polar surface area (TPSA) is 35.8 Å². The highest BCUT2D eigenvalue weighted by Crippen LogP contribution is 2.40. The lowest BCUT2D eigenvalue weighted by molar-refractivity contribution is 0.358. The molecule has 0 bridgehead atoms. The average Bonchev–Trinajstić information content (AvgIpc) is 2.10. The molecule has 1 aliphatic heterocycles. The molecule has 0 spiro atoms. The van der Waals surface area contributed by atoms with Crippen molar-refractivity contribution in [1.29, 1.82) is 5.26 Å². The zero-order valence-corrected chi connectivity index (χ0v) is 9.61. The summed E-state index contributed by atoms with van der Waals surface area (Å²) in [5.74, 6) is 1.27. The minimum absolute atomic E-state index is 0.0985. The van der Waals surface area contributed by atoms with E-state index in [-0.39, 0.29) is 5.92 Å². The van der Waals surface area contributed by atoms with Crippen LogP contribution in [0, 0.1) is 17.2 Å². The van der Waals surface area contributed by atoms with Crippen molar-refractivity contribution in [2.24, 2.45) is 5.92 Å². The number of nitrogens with one attached hydrogen (secondary N) is 1. The molecule has 1 saturated heterocycles. The van der Waals surface area contributed by atoms with Gasteiger partial charge in [0.25, 0.3) is 0 Å². The lowest BCUT2D eigenvalue weighted by atomic mass is 9.99. The third kappa shape index (κ3) is 2.38. The van der Waals surface area contributed by atoms with Gasteiger partial charge in [-0.15, -0.1) is 0 Å². The summed E-state index contributed by atoms with van der Waals surface area (Å²) in [6, 6.07) is 3.15. The maximum Gasteiger partial charge on any atom is 0.0669 e. The molecule has 74 valence electrons. The molecule has 0 aromatic carbocycles. The minimum atomic E-state index is 0.0985. The maximum atomic E-state index is 8.74. The Morgan fingerprint density at radius 2 is 2.15 bits per heavy atom. The highest BCUT2D eigenvalue weighted by atomic mass is 32.2. The monoisotopic (exact) mass is 198 g/mol. The molecule has 13 heavy (non-hydrogen) atoms. The predicted molar refractivity (Wildman–Crippen MR) is 57.7 cm³/mol. The summed E-state index contributed by atoms with van der Waals surface area (Å²) < 4.78 is 0.351. The second-order valence-corrected chi connectivity index (χ2v) is 6.01. The van der Waals surface area contributed by atoms with E-state index in [4.69, 9.17) is 5.26 Å². The highest BCUT2D eigenvalue weighted by Gasteiger charge is 2.40. The van der Waals surface area contributed by atoms with Gasteiger partial charge in [-0.2, -0.15) is 17.0 Å². The number of nitriles is 1. The molecular weight excluding hydrogens is 180 g/mol. The van der Waals surface area contributed by atoms with Crippen LogP contribution in [-0.2, 0) is 0 Å². The summed E-state index contributed by atoms with van der Waals surface area (Å²) in [6.45, 7) is 8.56. The van der Waals surface area contributed by atoms with E-state index in [0.717, 1.165) is 0 Å². The second-order valence-electron chi connectivity index (χ2n) is 4.34. The van der Waals surface area contributed by atoms with E-state index >= 15 is 0 Å². The third-order valence-electron chi connectivity index (χ3n) is 2.88. The molecule has 1 rings (SSSR count). The second kappa shape index (κ2) is 3.89. The largest absolute Gasteiger partial charge is 0.308 e. The summed E-state index contributed by atoms with van der Waals surface area (Å²) in [6.07, 6.45) is 0. The fraction of sp³-hybridized carbons (Fsp3) is 0.900. The van der Waals surface area contributed by atoms with Crippen LogP contribution < -0.4 is 5.32 Å². The van der Waals surface area contributed by atoms with Gasteiger partial charge in [-0.25, -0.2) is 0 Å². The molecule has 0 saturated carbocycles. The van der Waals surface area contributed by atoms with Crippen LogP contribution >= 0.6 is 11.8 Å². The zero-order chi connectivity index (χ0) is 10.1. The van der Waals surface area contributed by atoms with Crippen LogP contribution in [0.2, 0.25) is 0 Å². The molecule has 1 heterocycles. The van der Waals surface area contributed by atoms with Crippen molar-refractivity contribution in [2.75, 3.05) is 5.75 Å². The first-order chi connectivity index (χ1) is 5.97. The Hall–Kier alpha value is -0.200. The van der Waals surface area contributed by atoms with Crippen molar-refractivity contribution in [3.8, 4) is 6.07 Å². The molecule has 3 unspecified atom stereocenters. The molecule has 0 aliphatic carbocycles. The lowest BCUT2D eigenvalue weighted by Crippen LogP contribution is -2.57. The first kappa shape index (κ1) is 10.9. The summed E-state index contributed by atoms with van der Waals surface area (Å²) >= 11 is 1.99. The van der Waals surface area contributed by atoms with Gasteiger partial charge in [-0.05, 0) is 27.7 Å². The van der Waals surface area contributed by atoms with Gasteiger partial charge in [0.15, 0.2) is 0 Å². The summed E-state index contributed by atoms with van der Waals surface area (Å²) in [5.41, 5.74) is 0. The lowest BCUT2D eigenvalue weighted by Gasteiger charge is -2.45. The molecule has 3 atom stereocenters. The van der Waals surface area contributed by atoms with E-state index in [0.29, 0.717) is 16.8 Å². The van der Waals surface area contributed by atoms with Gasteiger partial charge >= 0.3 is 0 Å². The first-order valence-electron chi connectivity index (χ1n) is 4.77. The van der Waals surface area contributed by atoms with Crippen LogP contribution in [-0.4, -0.2) is 22.6 Å². The summed E-state index contributed by atoms with van der Waals surface area (Å²) in [5, 5.41) is 12.3. The van der Waals surface area contributed by atoms with Gasteiger partial charge in [0.1, 0.15) is 0 Å². The van der Waals surface area contributed by atoms with E-state index in [2.05, 4.69) is 32.2 Å². The van der Waals surface area contributed by atoms with Crippen LogP contribution in [0.3, 0.4) is 0 Å². The Morgan fingerprint density at radius 3 is 2.46 bits per heavy atom. The van der Waals surface area contributed by atoms with Crippen LogP contribution in [0.4, 0.5) is 0 Å². The Labute approximate surface area is 85.1 Å². The normalized spacial score (nSPS) is 29.9. The Kier molecular flexibility index (Phi) is 3.26. The van der Waals surface area contributed by atoms with Crippen LogP contribution in [0.5, 0.6) is 0 Å². The fourth-order valence-electron chi connectivity index (χ4n) is 1.32. The van der Waals surface area contributed by atoms with Gasteiger partial charge in [-0.3, -0.25) is 0 Å². The quantitative estimate of drug-likeness (QED) is 0.753. The van der Waals surface area contributed by atoms with Crippen LogP contribution in [0.25, 0.3) is 0 Å². The molecule has 1 fully saturated rings. The smallest absolute Gasteiger partial charge is 0.0669 e.